The van der Waals surface area contributed by atoms with Gasteiger partial charge in [0.05, 0.1) is 13.2 Å². The van der Waals surface area contributed by atoms with E-state index in [1.807, 2.05) is 42.2 Å². The first-order chi connectivity index (χ1) is 16.3. The Morgan fingerprint density at radius 1 is 1.09 bits per heavy atom. The number of methoxy groups -OCH3 is 1. The van der Waals surface area contributed by atoms with Crippen molar-refractivity contribution in [1.82, 2.24) is 5.32 Å². The Morgan fingerprint density at radius 3 is 2.38 bits per heavy atom. The Balaban J connectivity index is 1.64. The number of fused-ring (bicyclic) bond motifs is 4. The molecular weight excluding hydrogens is 493 g/mol. The van der Waals surface area contributed by atoms with Crippen LogP contribution in [0.2, 0.25) is 10.0 Å². The van der Waals surface area contributed by atoms with E-state index in [9.17, 15) is 4.79 Å². The number of halogens is 2. The molecule has 1 amide bonds. The molecule has 3 atom stereocenters. The molecule has 0 radical (unpaired) electrons. The molecule has 2 heterocycles. The largest absolute Gasteiger partial charge is 0.493 e. The van der Waals surface area contributed by atoms with Crippen LogP contribution in [-0.2, 0) is 4.79 Å². The maximum Gasteiger partial charge on any atom is 0.236 e. The van der Waals surface area contributed by atoms with Crippen LogP contribution >= 0.6 is 35.4 Å². The number of thiocarbonyl (C=S) groups is 1. The highest BCUT2D eigenvalue weighted by molar-refractivity contribution is 7.80. The molecule has 5 rings (SSSR count). The fourth-order valence-electron chi connectivity index (χ4n) is 4.66. The van der Waals surface area contributed by atoms with Crippen molar-refractivity contribution in [3.63, 3.8) is 0 Å². The van der Waals surface area contributed by atoms with Crippen molar-refractivity contribution in [3.05, 3.63) is 82.3 Å². The van der Waals surface area contributed by atoms with Gasteiger partial charge in [-0.1, -0.05) is 35.3 Å². The highest BCUT2D eigenvalue weighted by Crippen LogP contribution is 2.52. The molecule has 3 aromatic rings. The zero-order valence-electron chi connectivity index (χ0n) is 18.3. The minimum absolute atomic E-state index is 0.225. The number of carbonyl (C=O) groups is 1. The lowest BCUT2D eigenvalue weighted by atomic mass is 9.78. The summed E-state index contributed by atoms with van der Waals surface area (Å²) in [5, 5.41) is 8.01. The van der Waals surface area contributed by atoms with Gasteiger partial charge in [-0.05, 0) is 73.7 Å². The summed E-state index contributed by atoms with van der Waals surface area (Å²) in [5.74, 6) is 0.250. The molecule has 34 heavy (non-hydrogen) atoms. The van der Waals surface area contributed by atoms with Crippen molar-refractivity contribution in [3.8, 4) is 11.5 Å². The van der Waals surface area contributed by atoms with Gasteiger partial charge in [0.1, 0.15) is 5.92 Å². The van der Waals surface area contributed by atoms with E-state index in [-0.39, 0.29) is 5.91 Å². The van der Waals surface area contributed by atoms with Crippen LogP contribution in [0.25, 0.3) is 0 Å². The van der Waals surface area contributed by atoms with Crippen LogP contribution in [0.3, 0.4) is 0 Å². The summed E-state index contributed by atoms with van der Waals surface area (Å²) in [6, 6.07) is 19.4. The Hall–Kier alpha value is -3.00. The second-order valence-electron chi connectivity index (χ2n) is 8.25. The second-order valence-corrected chi connectivity index (χ2v) is 9.51. The van der Waals surface area contributed by atoms with E-state index >= 15 is 0 Å². The summed E-state index contributed by atoms with van der Waals surface area (Å²) in [6.45, 7) is 1.86. The van der Waals surface area contributed by atoms with Gasteiger partial charge in [0, 0.05) is 27.0 Å². The number of carbonyl (C=O) groups excluding carboxylic acids is 1. The Labute approximate surface area is 212 Å². The van der Waals surface area contributed by atoms with Crippen LogP contribution in [-0.4, -0.2) is 23.9 Å². The maximum absolute atomic E-state index is 13.8. The predicted octanol–water partition coefficient (Wildman–Crippen LogP) is 5.80. The molecule has 0 saturated carbocycles. The molecule has 0 spiro atoms. The average Bonchev–Trinajstić information content (AvgIpc) is 2.81. The number of hydrogen-bond acceptors (Lipinski definition) is 4. The van der Waals surface area contributed by atoms with Gasteiger partial charge in [-0.15, -0.1) is 0 Å². The number of nitrogens with zero attached hydrogens (tertiary/aromatic N) is 1. The highest BCUT2D eigenvalue weighted by atomic mass is 35.5. The summed E-state index contributed by atoms with van der Waals surface area (Å²) in [6.07, 6.45) is 0. The lowest BCUT2D eigenvalue weighted by Gasteiger charge is -2.56. The molecule has 0 unspecified atom stereocenters. The number of nitrogens with one attached hydrogen (secondary N) is 2. The Kier molecular flexibility index (Phi) is 5.80. The first kappa shape index (κ1) is 22.8. The summed E-state index contributed by atoms with van der Waals surface area (Å²) in [7, 11) is 1.59. The second kappa shape index (κ2) is 8.65. The van der Waals surface area contributed by atoms with Gasteiger partial charge >= 0.3 is 0 Å². The molecule has 1 fully saturated rings. The van der Waals surface area contributed by atoms with Crippen LogP contribution in [0.4, 0.5) is 11.4 Å². The first-order valence-electron chi connectivity index (χ1n) is 10.6. The van der Waals surface area contributed by atoms with Gasteiger partial charge in [-0.2, -0.15) is 0 Å². The third-order valence-corrected chi connectivity index (χ3v) is 6.99. The SMILES string of the molecule is COc1cccc2c1O[C@@]1(C)[C@H](C(=O)Nc3ccc(Cl)cc3)[C@@H]2NC(=S)N1c1ccc(Cl)cc1. The van der Waals surface area contributed by atoms with Crippen LogP contribution in [0.15, 0.2) is 66.7 Å². The smallest absolute Gasteiger partial charge is 0.236 e. The van der Waals surface area contributed by atoms with Crippen LogP contribution in [0.1, 0.15) is 18.5 Å². The summed E-state index contributed by atoms with van der Waals surface area (Å²) < 4.78 is 12.2. The van der Waals surface area contributed by atoms with Crippen LogP contribution < -0.4 is 25.0 Å². The average molecular weight is 514 g/mol. The Morgan fingerprint density at radius 2 is 1.74 bits per heavy atom. The fraction of sp³-hybridized carbons (Fsp3) is 0.200. The standard InChI is InChI=1S/C25H21Cl2N3O3S/c1-25-20(23(31)28-16-10-6-14(26)7-11-16)21(18-4-3-5-19(32-2)22(18)33-25)29-24(34)30(25)17-12-8-15(27)9-13-17/h3-13,20-21H,1-2H3,(H,28,31)(H,29,34)/t20-,21+,25-/m0/s1. The zero-order valence-corrected chi connectivity index (χ0v) is 20.7. The number of para-hydroxylation sites is 1. The molecule has 174 valence electrons. The van der Waals surface area contributed by atoms with E-state index < -0.39 is 17.7 Å². The lowest BCUT2D eigenvalue weighted by molar-refractivity contribution is -0.130. The van der Waals surface area contributed by atoms with Crippen molar-refractivity contribution >= 4 is 57.8 Å². The van der Waals surface area contributed by atoms with Gasteiger partial charge in [-0.25, -0.2) is 0 Å². The lowest BCUT2D eigenvalue weighted by Crippen LogP contribution is -2.72. The van der Waals surface area contributed by atoms with Crippen molar-refractivity contribution in [2.24, 2.45) is 5.92 Å². The number of benzene rings is 3. The third-order valence-electron chi connectivity index (χ3n) is 6.19. The van der Waals surface area contributed by atoms with E-state index in [0.29, 0.717) is 32.3 Å². The molecule has 6 nitrogen and oxygen atoms in total. The molecule has 2 aliphatic rings. The number of anilines is 2. The Bertz CT molecular complexity index is 1270. The quantitative estimate of drug-likeness (QED) is 0.429. The van der Waals surface area contributed by atoms with E-state index in [1.54, 1.807) is 43.5 Å². The highest BCUT2D eigenvalue weighted by Gasteiger charge is 2.59. The summed E-state index contributed by atoms with van der Waals surface area (Å²) in [4.78, 5) is 15.6. The molecular formula is C25H21Cl2N3O3S. The number of hydrogen-bond donors (Lipinski definition) is 2. The number of ether oxygens (including phenoxy) is 2. The molecule has 0 aromatic heterocycles. The van der Waals surface area contributed by atoms with Gasteiger partial charge in [0.25, 0.3) is 0 Å². The van der Waals surface area contributed by atoms with Gasteiger partial charge in [0.2, 0.25) is 5.91 Å². The van der Waals surface area contributed by atoms with E-state index in [2.05, 4.69) is 10.6 Å². The van der Waals surface area contributed by atoms with Crippen LogP contribution in [0.5, 0.6) is 11.5 Å². The van der Waals surface area contributed by atoms with Gasteiger partial charge < -0.3 is 20.1 Å². The molecule has 0 aliphatic carbocycles. The fourth-order valence-corrected chi connectivity index (χ4v) is 5.33. The minimum Gasteiger partial charge on any atom is -0.493 e. The first-order valence-corrected chi connectivity index (χ1v) is 11.8. The van der Waals surface area contributed by atoms with E-state index in [0.717, 1.165) is 11.3 Å². The summed E-state index contributed by atoms with van der Waals surface area (Å²) >= 11 is 17.9. The molecule has 2 bridgehead atoms. The van der Waals surface area contributed by atoms with E-state index in [4.69, 9.17) is 44.9 Å². The molecule has 2 N–H and O–H groups in total. The normalized spacial score (nSPS) is 22.8. The molecule has 3 aromatic carbocycles. The number of amides is 1. The van der Waals surface area contributed by atoms with Crippen molar-refractivity contribution in [2.45, 2.75) is 18.7 Å². The molecule has 1 saturated heterocycles. The van der Waals surface area contributed by atoms with E-state index in [1.165, 1.54) is 0 Å². The monoisotopic (exact) mass is 513 g/mol. The maximum atomic E-state index is 13.8. The summed E-state index contributed by atoms with van der Waals surface area (Å²) in [5.41, 5.74) is 1.00. The third kappa shape index (κ3) is 3.74. The minimum atomic E-state index is -1.17. The molecule has 9 heteroatoms. The van der Waals surface area contributed by atoms with Crippen LogP contribution in [0, 0.1) is 5.92 Å². The van der Waals surface area contributed by atoms with Crippen molar-refractivity contribution < 1.29 is 14.3 Å². The van der Waals surface area contributed by atoms with Crippen molar-refractivity contribution in [1.29, 1.82) is 0 Å². The van der Waals surface area contributed by atoms with Gasteiger partial charge in [0.15, 0.2) is 22.3 Å². The number of rotatable bonds is 4. The zero-order chi connectivity index (χ0) is 24.0. The molecule has 2 aliphatic heterocycles. The predicted molar refractivity (Wildman–Crippen MR) is 138 cm³/mol. The topological polar surface area (TPSA) is 62.8 Å². The van der Waals surface area contributed by atoms with Gasteiger partial charge in [-0.3, -0.25) is 9.69 Å². The van der Waals surface area contributed by atoms with Crippen molar-refractivity contribution in [2.75, 3.05) is 17.3 Å².